The summed E-state index contributed by atoms with van der Waals surface area (Å²) in [6, 6.07) is 6.81. The van der Waals surface area contributed by atoms with E-state index in [2.05, 4.69) is 15.0 Å². The number of hydrogen-bond donors (Lipinski definition) is 0. The Morgan fingerprint density at radius 1 is 1.26 bits per heavy atom. The van der Waals surface area contributed by atoms with Crippen molar-refractivity contribution in [1.29, 1.82) is 0 Å². The van der Waals surface area contributed by atoms with Crippen LogP contribution in [-0.4, -0.2) is 58.2 Å². The highest BCUT2D eigenvalue weighted by Gasteiger charge is 2.31. The number of anilines is 1. The molecule has 2 aromatic heterocycles. The highest BCUT2D eigenvalue weighted by molar-refractivity contribution is 6.02. The summed E-state index contributed by atoms with van der Waals surface area (Å²) in [6.45, 7) is 0.811. The minimum Gasteiger partial charge on any atom is -0.496 e. The highest BCUT2D eigenvalue weighted by Crippen LogP contribution is 2.24. The fourth-order valence-electron chi connectivity index (χ4n) is 3.42. The first-order chi connectivity index (χ1) is 15.0. The summed E-state index contributed by atoms with van der Waals surface area (Å²) in [5.74, 6) is -0.298. The first-order valence-electron chi connectivity index (χ1n) is 9.56. The van der Waals surface area contributed by atoms with Crippen LogP contribution in [0.25, 0.3) is 11.4 Å². The highest BCUT2D eigenvalue weighted by atomic mass is 19.1. The lowest BCUT2D eigenvalue weighted by Crippen LogP contribution is -2.48. The van der Waals surface area contributed by atoms with Crippen molar-refractivity contribution in [3.05, 3.63) is 64.6 Å². The van der Waals surface area contributed by atoms with Gasteiger partial charge >= 0.3 is 0 Å². The molecule has 1 unspecified atom stereocenters. The molecule has 1 atom stereocenters. The molecule has 1 aliphatic rings. The Hall–Kier alpha value is -3.66. The Labute approximate surface area is 177 Å². The quantitative estimate of drug-likeness (QED) is 0.567. The van der Waals surface area contributed by atoms with E-state index in [0.717, 1.165) is 6.07 Å². The molecule has 9 nitrogen and oxygen atoms in total. The van der Waals surface area contributed by atoms with Gasteiger partial charge in [-0.25, -0.2) is 19.3 Å². The van der Waals surface area contributed by atoms with Crippen molar-refractivity contribution < 1.29 is 18.7 Å². The molecule has 0 aliphatic carbocycles. The summed E-state index contributed by atoms with van der Waals surface area (Å²) in [5.41, 5.74) is 0.756. The maximum Gasteiger partial charge on any atom is 0.255 e. The number of hydrogen-bond acceptors (Lipinski definition) is 8. The minimum atomic E-state index is -0.871. The maximum atomic E-state index is 13.7. The van der Waals surface area contributed by atoms with Crippen molar-refractivity contribution >= 4 is 11.7 Å². The van der Waals surface area contributed by atoms with Crippen molar-refractivity contribution in [2.45, 2.75) is 6.10 Å². The summed E-state index contributed by atoms with van der Waals surface area (Å²) in [6.07, 6.45) is 2.07. The number of aromatic nitrogens is 4. The van der Waals surface area contributed by atoms with Crippen LogP contribution in [0.1, 0.15) is 10.4 Å². The molecule has 3 heterocycles. The number of nitrogens with zero attached hydrogens (tertiary/aromatic N) is 5. The van der Waals surface area contributed by atoms with E-state index in [-0.39, 0.29) is 30.0 Å². The van der Waals surface area contributed by atoms with Gasteiger partial charge in [0.05, 0.1) is 37.2 Å². The summed E-state index contributed by atoms with van der Waals surface area (Å²) >= 11 is 0. The molecule has 31 heavy (non-hydrogen) atoms. The van der Waals surface area contributed by atoms with Gasteiger partial charge in [0.2, 0.25) is 5.95 Å². The van der Waals surface area contributed by atoms with Crippen molar-refractivity contribution in [2.75, 3.05) is 31.7 Å². The third-order valence-corrected chi connectivity index (χ3v) is 5.02. The van der Waals surface area contributed by atoms with Crippen LogP contribution < -0.4 is 15.2 Å². The second-order valence-electron chi connectivity index (χ2n) is 6.95. The van der Waals surface area contributed by atoms with Gasteiger partial charge in [0.1, 0.15) is 24.0 Å². The molecule has 4 rings (SSSR count). The van der Waals surface area contributed by atoms with E-state index in [9.17, 15) is 14.0 Å². The normalized spacial score (nSPS) is 16.2. The summed E-state index contributed by atoms with van der Waals surface area (Å²) in [5, 5.41) is 0. The molecular weight excluding hydrogens is 405 g/mol. The molecule has 10 heteroatoms. The predicted molar refractivity (Wildman–Crippen MR) is 110 cm³/mol. The molecule has 0 amide bonds. The van der Waals surface area contributed by atoms with Crippen LogP contribution in [0.2, 0.25) is 0 Å². The molecule has 0 spiro atoms. The van der Waals surface area contributed by atoms with E-state index in [0.29, 0.717) is 23.9 Å². The maximum absolute atomic E-state index is 13.7. The number of carbonyl (C=O) groups excluding carboxylic acids is 1. The van der Waals surface area contributed by atoms with Gasteiger partial charge in [-0.05, 0) is 24.3 Å². The zero-order valence-electron chi connectivity index (χ0n) is 17.0. The lowest BCUT2D eigenvalue weighted by atomic mass is 10.0. The Balaban J connectivity index is 1.65. The fraction of sp³-hybridized carbons (Fsp3) is 0.286. The Morgan fingerprint density at radius 3 is 2.84 bits per heavy atom. The van der Waals surface area contributed by atoms with E-state index in [4.69, 9.17) is 9.47 Å². The van der Waals surface area contributed by atoms with Gasteiger partial charge in [-0.2, -0.15) is 0 Å². The summed E-state index contributed by atoms with van der Waals surface area (Å²) < 4.78 is 26.0. The third-order valence-electron chi connectivity index (χ3n) is 5.02. The molecule has 0 bridgehead atoms. The average molecular weight is 425 g/mol. The molecule has 0 N–H and O–H groups in total. The molecule has 3 aromatic rings. The summed E-state index contributed by atoms with van der Waals surface area (Å²) in [7, 11) is 3.02. The predicted octanol–water partition coefficient (Wildman–Crippen LogP) is 1.47. The average Bonchev–Trinajstić information content (AvgIpc) is 2.81. The number of halogens is 1. The third kappa shape index (κ3) is 4.15. The summed E-state index contributed by atoms with van der Waals surface area (Å²) in [4.78, 5) is 40.0. The SMILES string of the molecule is COc1ccc(F)cc1C(=O)C1CN(c2nc(-c3ccncn3)cc(=O)n2C)CCO1. The Morgan fingerprint density at radius 2 is 2.10 bits per heavy atom. The number of benzene rings is 1. The van der Waals surface area contributed by atoms with Gasteiger partial charge in [-0.15, -0.1) is 0 Å². The minimum absolute atomic E-state index is 0.103. The van der Waals surface area contributed by atoms with Crippen LogP contribution in [0.5, 0.6) is 5.75 Å². The Kier molecular flexibility index (Phi) is 5.72. The molecule has 1 fully saturated rings. The van der Waals surface area contributed by atoms with Gasteiger partial charge in [0.15, 0.2) is 5.78 Å². The number of carbonyl (C=O) groups is 1. The number of morpholine rings is 1. The van der Waals surface area contributed by atoms with Gasteiger partial charge in [-0.1, -0.05) is 0 Å². The molecule has 1 saturated heterocycles. The lowest BCUT2D eigenvalue weighted by Gasteiger charge is -2.33. The second-order valence-corrected chi connectivity index (χ2v) is 6.95. The number of methoxy groups -OCH3 is 1. The van der Waals surface area contributed by atoms with Crippen LogP contribution in [0.4, 0.5) is 10.3 Å². The van der Waals surface area contributed by atoms with Crippen molar-refractivity contribution in [1.82, 2.24) is 19.5 Å². The topological polar surface area (TPSA) is 99.4 Å². The van der Waals surface area contributed by atoms with Crippen LogP contribution in [0, 0.1) is 5.82 Å². The van der Waals surface area contributed by atoms with Gasteiger partial charge in [0, 0.05) is 25.9 Å². The molecule has 1 aliphatic heterocycles. The largest absolute Gasteiger partial charge is 0.496 e. The first kappa shape index (κ1) is 20.6. The molecule has 160 valence electrons. The van der Waals surface area contributed by atoms with E-state index < -0.39 is 17.7 Å². The molecule has 0 saturated carbocycles. The second kappa shape index (κ2) is 8.60. The Bertz CT molecular complexity index is 1170. The van der Waals surface area contributed by atoms with Crippen molar-refractivity contribution in [3.8, 4) is 17.1 Å². The number of ketones is 1. The zero-order chi connectivity index (χ0) is 22.0. The number of ether oxygens (including phenoxy) is 2. The van der Waals surface area contributed by atoms with Gasteiger partial charge in [-0.3, -0.25) is 14.2 Å². The van der Waals surface area contributed by atoms with Crippen LogP contribution in [-0.2, 0) is 11.8 Å². The monoisotopic (exact) mass is 425 g/mol. The van der Waals surface area contributed by atoms with Crippen LogP contribution in [0.3, 0.4) is 0 Å². The molecular formula is C21H20FN5O4. The lowest BCUT2D eigenvalue weighted by molar-refractivity contribution is 0.0334. The molecule has 1 aromatic carbocycles. The van der Waals surface area contributed by atoms with E-state index in [1.54, 1.807) is 24.2 Å². The van der Waals surface area contributed by atoms with E-state index in [1.807, 2.05) is 0 Å². The van der Waals surface area contributed by atoms with Crippen molar-refractivity contribution in [2.24, 2.45) is 7.05 Å². The van der Waals surface area contributed by atoms with E-state index >= 15 is 0 Å². The van der Waals surface area contributed by atoms with Gasteiger partial charge in [0.25, 0.3) is 5.56 Å². The standard InChI is InChI=1S/C21H20FN5O4/c1-26-19(28)10-16(15-5-6-23-12-24-15)25-21(26)27-7-8-31-18(11-27)20(29)14-9-13(22)3-4-17(14)30-2/h3-6,9-10,12,18H,7-8,11H2,1-2H3. The number of Topliss-reactive ketones (excluding diaryl/α,β-unsaturated/α-hetero) is 1. The zero-order valence-corrected chi connectivity index (χ0v) is 17.0. The number of rotatable bonds is 5. The molecule has 0 radical (unpaired) electrons. The van der Waals surface area contributed by atoms with Crippen LogP contribution >= 0.6 is 0 Å². The van der Waals surface area contributed by atoms with E-state index in [1.165, 1.54) is 36.2 Å². The van der Waals surface area contributed by atoms with Crippen molar-refractivity contribution in [3.63, 3.8) is 0 Å². The van der Waals surface area contributed by atoms with Gasteiger partial charge < -0.3 is 14.4 Å². The fourth-order valence-corrected chi connectivity index (χ4v) is 3.42. The smallest absolute Gasteiger partial charge is 0.255 e. The first-order valence-corrected chi connectivity index (χ1v) is 9.56. The van der Waals surface area contributed by atoms with Crippen LogP contribution in [0.15, 0.2) is 47.7 Å².